The van der Waals surface area contributed by atoms with Crippen molar-refractivity contribution in [3.63, 3.8) is 0 Å². The van der Waals surface area contributed by atoms with E-state index in [2.05, 4.69) is 207 Å². The van der Waals surface area contributed by atoms with Gasteiger partial charge in [0.15, 0.2) is 0 Å². The third-order valence-corrected chi connectivity index (χ3v) is 10.5. The molecule has 1 heteroatoms. The average molecular weight is 640 g/mol. The third-order valence-electron chi connectivity index (χ3n) is 10.5. The minimum absolute atomic E-state index is 0.484. The van der Waals surface area contributed by atoms with E-state index in [-0.39, 0.29) is 0 Å². The fourth-order valence-electron chi connectivity index (χ4n) is 8.51. The molecule has 0 atom stereocenters. The summed E-state index contributed by atoms with van der Waals surface area (Å²) >= 11 is 0. The second-order valence-corrected chi connectivity index (χ2v) is 13.4. The lowest BCUT2D eigenvalue weighted by Crippen LogP contribution is -2.29. The van der Waals surface area contributed by atoms with Gasteiger partial charge in [-0.15, -0.1) is 0 Å². The molecule has 9 rings (SSSR count). The zero-order valence-electron chi connectivity index (χ0n) is 28.3. The van der Waals surface area contributed by atoms with Gasteiger partial charge in [0.25, 0.3) is 0 Å². The van der Waals surface area contributed by atoms with Crippen molar-refractivity contribution < 1.29 is 0 Å². The molecule has 0 saturated carbocycles. The lowest BCUT2D eigenvalue weighted by atomic mass is 9.66. The predicted molar refractivity (Wildman–Crippen MR) is 211 cm³/mol. The molecule has 0 heterocycles. The topological polar surface area (TPSA) is 3.24 Å². The number of hydrogen-bond acceptors (Lipinski definition) is 1. The number of hydrogen-bond donors (Lipinski definition) is 0. The van der Waals surface area contributed by atoms with Gasteiger partial charge < -0.3 is 4.90 Å². The Kier molecular flexibility index (Phi) is 7.21. The van der Waals surface area contributed by atoms with Crippen molar-refractivity contribution in [1.82, 2.24) is 0 Å². The molecule has 0 amide bonds. The predicted octanol–water partition coefficient (Wildman–Crippen LogP) is 13.0. The molecule has 0 unspecified atom stereocenters. The molecule has 1 aliphatic carbocycles. The number of nitrogens with zero attached hydrogens (tertiary/aromatic N) is 1. The quantitative estimate of drug-likeness (QED) is 0.175. The first-order valence-electron chi connectivity index (χ1n) is 17.4. The third kappa shape index (κ3) is 4.62. The van der Waals surface area contributed by atoms with E-state index < -0.39 is 5.41 Å². The van der Waals surface area contributed by atoms with Gasteiger partial charge in [-0.05, 0) is 88.0 Å². The van der Waals surface area contributed by atoms with Gasteiger partial charge in [0, 0.05) is 16.6 Å². The van der Waals surface area contributed by atoms with Crippen LogP contribution in [0, 0.1) is 13.8 Å². The normalized spacial score (nSPS) is 12.8. The fraction of sp³-hybridized carbons (Fsp3) is 0.0612. The van der Waals surface area contributed by atoms with Crippen LogP contribution in [0.4, 0.5) is 17.1 Å². The molecule has 0 bridgehead atoms. The van der Waals surface area contributed by atoms with E-state index in [1.807, 2.05) is 0 Å². The highest BCUT2D eigenvalue weighted by atomic mass is 15.1. The molecule has 8 aromatic rings. The highest BCUT2D eigenvalue weighted by Gasteiger charge is 2.48. The number of aryl methyl sites for hydroxylation is 2. The number of anilines is 3. The van der Waals surface area contributed by atoms with Crippen LogP contribution >= 0.6 is 0 Å². The molecule has 0 saturated heterocycles. The monoisotopic (exact) mass is 639 g/mol. The van der Waals surface area contributed by atoms with Crippen LogP contribution in [-0.2, 0) is 5.41 Å². The lowest BCUT2D eigenvalue weighted by molar-refractivity contribution is 0.761. The Bertz CT molecular complexity index is 2430. The van der Waals surface area contributed by atoms with Gasteiger partial charge in [-0.1, -0.05) is 169 Å². The van der Waals surface area contributed by atoms with E-state index in [9.17, 15) is 0 Å². The minimum Gasteiger partial charge on any atom is -0.309 e. The standard InChI is InChI=1S/C49H37N/c1-34-32-35(2)48-43(33-34)47-44(49(48,39-20-8-4-9-21-39)40-22-10-5-11-23-40)25-15-27-46(47)50(45-26-14-19-38-18-12-13-24-42(38)45)41-30-28-37(29-31-41)36-16-6-3-7-17-36/h3-33H,1-2H3. The van der Waals surface area contributed by atoms with Gasteiger partial charge in [0.2, 0.25) is 0 Å². The van der Waals surface area contributed by atoms with Gasteiger partial charge >= 0.3 is 0 Å². The van der Waals surface area contributed by atoms with Crippen molar-refractivity contribution >= 4 is 27.8 Å². The molecule has 0 radical (unpaired) electrons. The molecule has 0 fully saturated rings. The van der Waals surface area contributed by atoms with Crippen molar-refractivity contribution in [3.05, 3.63) is 221 Å². The first-order valence-corrected chi connectivity index (χ1v) is 17.4. The molecule has 0 aliphatic heterocycles. The Morgan fingerprint density at radius 1 is 0.460 bits per heavy atom. The van der Waals surface area contributed by atoms with Crippen LogP contribution in [0.15, 0.2) is 188 Å². The Hall–Kier alpha value is -6.18. The molecule has 1 nitrogen and oxygen atoms in total. The first kappa shape index (κ1) is 29.9. The zero-order chi connectivity index (χ0) is 33.7. The summed E-state index contributed by atoms with van der Waals surface area (Å²) < 4.78 is 0. The Morgan fingerprint density at radius 2 is 1.02 bits per heavy atom. The Morgan fingerprint density at radius 3 is 1.72 bits per heavy atom. The maximum atomic E-state index is 2.49. The SMILES string of the molecule is Cc1cc(C)c2c(c1)-c1c(N(c3ccc(-c4ccccc4)cc3)c3cccc4ccccc34)cccc1C2(c1ccccc1)c1ccccc1. The van der Waals surface area contributed by atoms with Gasteiger partial charge in [-0.2, -0.15) is 0 Å². The van der Waals surface area contributed by atoms with Crippen LogP contribution in [0.2, 0.25) is 0 Å². The molecule has 1 aliphatic rings. The first-order chi connectivity index (χ1) is 24.6. The molecular weight excluding hydrogens is 603 g/mol. The Balaban J connectivity index is 1.38. The molecule has 238 valence electrons. The fourth-order valence-corrected chi connectivity index (χ4v) is 8.51. The van der Waals surface area contributed by atoms with Crippen molar-refractivity contribution in [2.45, 2.75) is 19.3 Å². The van der Waals surface area contributed by atoms with E-state index in [4.69, 9.17) is 0 Å². The minimum atomic E-state index is -0.484. The number of benzene rings is 8. The summed E-state index contributed by atoms with van der Waals surface area (Å²) in [5.41, 5.74) is 15.8. The van der Waals surface area contributed by atoms with Crippen LogP contribution < -0.4 is 4.90 Å². The van der Waals surface area contributed by atoms with Gasteiger partial charge in [0.1, 0.15) is 0 Å². The summed E-state index contributed by atoms with van der Waals surface area (Å²) in [4.78, 5) is 2.49. The van der Waals surface area contributed by atoms with Crippen LogP contribution in [-0.4, -0.2) is 0 Å². The summed E-state index contributed by atoms with van der Waals surface area (Å²) in [5.74, 6) is 0. The summed E-state index contributed by atoms with van der Waals surface area (Å²) in [6, 6.07) is 69.0. The van der Waals surface area contributed by atoms with Crippen LogP contribution in [0.5, 0.6) is 0 Å². The second-order valence-electron chi connectivity index (χ2n) is 13.4. The Labute approximate surface area is 294 Å². The van der Waals surface area contributed by atoms with Crippen molar-refractivity contribution in [1.29, 1.82) is 0 Å². The average Bonchev–Trinajstić information content (AvgIpc) is 3.48. The van der Waals surface area contributed by atoms with E-state index >= 15 is 0 Å². The largest absolute Gasteiger partial charge is 0.309 e. The van der Waals surface area contributed by atoms with Crippen LogP contribution in [0.1, 0.15) is 33.4 Å². The van der Waals surface area contributed by atoms with E-state index in [1.165, 1.54) is 72.1 Å². The maximum absolute atomic E-state index is 2.49. The van der Waals surface area contributed by atoms with E-state index in [0.29, 0.717) is 0 Å². The number of rotatable bonds is 6. The smallest absolute Gasteiger partial charge is 0.0716 e. The van der Waals surface area contributed by atoms with Crippen molar-refractivity contribution in [2.24, 2.45) is 0 Å². The highest BCUT2D eigenvalue weighted by molar-refractivity contribution is 6.03. The summed E-state index contributed by atoms with van der Waals surface area (Å²) in [6.07, 6.45) is 0. The number of fused-ring (bicyclic) bond motifs is 4. The molecule has 8 aromatic carbocycles. The van der Waals surface area contributed by atoms with Gasteiger partial charge in [-0.3, -0.25) is 0 Å². The lowest BCUT2D eigenvalue weighted by Gasteiger charge is -2.35. The summed E-state index contributed by atoms with van der Waals surface area (Å²) in [6.45, 7) is 4.52. The van der Waals surface area contributed by atoms with E-state index in [0.717, 1.165) is 11.4 Å². The molecule has 50 heavy (non-hydrogen) atoms. The molecule has 0 spiro atoms. The second kappa shape index (κ2) is 12.1. The van der Waals surface area contributed by atoms with E-state index in [1.54, 1.807) is 0 Å². The van der Waals surface area contributed by atoms with Crippen LogP contribution in [0.3, 0.4) is 0 Å². The zero-order valence-corrected chi connectivity index (χ0v) is 28.3. The molecular formula is C49H37N. The van der Waals surface area contributed by atoms with Crippen molar-refractivity contribution in [2.75, 3.05) is 4.90 Å². The summed E-state index contributed by atoms with van der Waals surface area (Å²) in [7, 11) is 0. The molecule has 0 aromatic heterocycles. The van der Waals surface area contributed by atoms with Crippen LogP contribution in [0.25, 0.3) is 33.0 Å². The summed E-state index contributed by atoms with van der Waals surface area (Å²) in [5, 5.41) is 2.44. The molecule has 0 N–H and O–H groups in total. The highest BCUT2D eigenvalue weighted by Crippen LogP contribution is 2.60. The van der Waals surface area contributed by atoms with Gasteiger partial charge in [0.05, 0.1) is 16.8 Å². The van der Waals surface area contributed by atoms with Gasteiger partial charge in [-0.25, -0.2) is 0 Å². The maximum Gasteiger partial charge on any atom is 0.0716 e. The van der Waals surface area contributed by atoms with Crippen molar-refractivity contribution in [3.8, 4) is 22.3 Å².